The van der Waals surface area contributed by atoms with Crippen LogP contribution in [0.5, 0.6) is 0 Å². The average Bonchev–Trinajstić information content (AvgIpc) is 3.20. The van der Waals surface area contributed by atoms with Crippen LogP contribution in [0.15, 0.2) is 36.4 Å². The van der Waals surface area contributed by atoms with Gasteiger partial charge in [0.25, 0.3) is 5.91 Å². The maximum Gasteiger partial charge on any atom is 0.254 e. The SMILES string of the molecule is BC(B)(Nc1cccc2c1CN(C1(B)CCC(=O)NC1=O)C2=O)c1cc(CN2CC(C)OC(C)C2)ccc1F. The molecule has 12 heteroatoms. The summed E-state index contributed by atoms with van der Waals surface area (Å²) in [4.78, 5) is 41.8. The molecule has 8 nitrogen and oxygen atoms in total. The Morgan fingerprint density at radius 2 is 1.87 bits per heavy atom. The number of ether oxygens (including phenoxy) is 1. The second kappa shape index (κ2) is 10.1. The zero-order valence-electron chi connectivity index (χ0n) is 23.3. The standard InChI is InChI=1S/C27H34B3FN4O4/c1-15-11-34(12-16(2)39-15)13-17-6-7-21(31)20(10-17)27(29,30)33-22-5-3-4-18-19(22)14-35(24(18)37)26(28)9-8-23(36)32-25(26)38/h3-7,10,15-16,33H,8-9,11-14,28-30H2,1-2H3,(H,32,36,38). The van der Waals surface area contributed by atoms with Crippen molar-refractivity contribution in [2.24, 2.45) is 0 Å². The van der Waals surface area contributed by atoms with E-state index in [-0.39, 0.29) is 49.2 Å². The van der Waals surface area contributed by atoms with Gasteiger partial charge in [0, 0.05) is 54.8 Å². The molecule has 2 saturated heterocycles. The molecule has 3 heterocycles. The molecule has 0 spiro atoms. The summed E-state index contributed by atoms with van der Waals surface area (Å²) in [6.45, 7) is 6.71. The van der Waals surface area contributed by atoms with E-state index in [4.69, 9.17) is 4.74 Å². The molecular weight excluding hydrogens is 496 g/mol. The Kier molecular flexibility index (Phi) is 7.14. The molecule has 0 aliphatic carbocycles. The van der Waals surface area contributed by atoms with Crippen molar-refractivity contribution in [2.75, 3.05) is 18.4 Å². The highest BCUT2D eigenvalue weighted by Gasteiger charge is 2.48. The first kappa shape index (κ1) is 27.5. The van der Waals surface area contributed by atoms with Gasteiger partial charge in [0.2, 0.25) is 11.8 Å². The summed E-state index contributed by atoms with van der Waals surface area (Å²) in [5, 5.41) is 5.07. The summed E-state index contributed by atoms with van der Waals surface area (Å²) in [6, 6.07) is 10.7. The van der Waals surface area contributed by atoms with E-state index >= 15 is 4.39 Å². The number of morpholine rings is 1. The zero-order chi connectivity index (χ0) is 28.1. The van der Waals surface area contributed by atoms with E-state index in [9.17, 15) is 14.4 Å². The number of amides is 3. The van der Waals surface area contributed by atoms with E-state index in [1.165, 1.54) is 6.07 Å². The molecular formula is C27H34B3FN4O4. The fourth-order valence-corrected chi connectivity index (χ4v) is 6.13. The number of anilines is 1. The van der Waals surface area contributed by atoms with E-state index < -0.39 is 16.7 Å². The van der Waals surface area contributed by atoms with Crippen molar-refractivity contribution in [3.63, 3.8) is 0 Å². The minimum atomic E-state index is -1.12. The van der Waals surface area contributed by atoms with E-state index in [1.807, 2.05) is 33.9 Å². The molecule has 3 amide bonds. The van der Waals surface area contributed by atoms with Crippen LogP contribution in [-0.4, -0.2) is 81.8 Å². The Labute approximate surface area is 231 Å². The van der Waals surface area contributed by atoms with Gasteiger partial charge in [-0.15, -0.1) is 0 Å². The van der Waals surface area contributed by atoms with Gasteiger partial charge < -0.3 is 15.0 Å². The van der Waals surface area contributed by atoms with Crippen LogP contribution in [0.25, 0.3) is 0 Å². The number of piperidine rings is 1. The monoisotopic (exact) mass is 530 g/mol. The van der Waals surface area contributed by atoms with Gasteiger partial charge >= 0.3 is 0 Å². The van der Waals surface area contributed by atoms with E-state index in [0.717, 1.165) is 24.2 Å². The molecule has 2 aromatic carbocycles. The van der Waals surface area contributed by atoms with Crippen molar-refractivity contribution in [3.8, 4) is 0 Å². The van der Waals surface area contributed by atoms with Crippen LogP contribution < -0.4 is 10.6 Å². The molecule has 5 rings (SSSR count). The highest BCUT2D eigenvalue weighted by atomic mass is 19.1. The number of hydrogen-bond donors (Lipinski definition) is 2. The highest BCUT2D eigenvalue weighted by molar-refractivity contribution is 6.41. The molecule has 3 aliphatic heterocycles. The van der Waals surface area contributed by atoms with Crippen LogP contribution in [-0.2, 0) is 32.8 Å². The van der Waals surface area contributed by atoms with E-state index in [1.54, 1.807) is 24.9 Å². The van der Waals surface area contributed by atoms with Crippen LogP contribution in [0, 0.1) is 5.82 Å². The minimum absolute atomic E-state index is 0.150. The Balaban J connectivity index is 1.39. The van der Waals surface area contributed by atoms with Crippen molar-refractivity contribution in [1.82, 2.24) is 15.1 Å². The van der Waals surface area contributed by atoms with E-state index in [0.29, 0.717) is 23.4 Å². The molecule has 3 unspecified atom stereocenters. The molecule has 2 aromatic rings. The van der Waals surface area contributed by atoms with Crippen LogP contribution in [0.4, 0.5) is 10.1 Å². The fraction of sp³-hybridized carbons (Fsp3) is 0.444. The van der Waals surface area contributed by atoms with Gasteiger partial charge in [0.05, 0.1) is 17.6 Å². The normalized spacial score (nSPS) is 25.9. The third kappa shape index (κ3) is 5.24. The van der Waals surface area contributed by atoms with Crippen LogP contribution >= 0.6 is 0 Å². The number of nitrogens with one attached hydrogen (secondary N) is 2. The average molecular weight is 530 g/mol. The first-order valence-electron chi connectivity index (χ1n) is 13.6. The van der Waals surface area contributed by atoms with Gasteiger partial charge in [-0.1, -0.05) is 18.2 Å². The fourth-order valence-electron chi connectivity index (χ4n) is 6.13. The number of rotatable bonds is 6. The third-order valence-corrected chi connectivity index (χ3v) is 8.20. The van der Waals surface area contributed by atoms with Gasteiger partial charge in [-0.25, -0.2) is 4.39 Å². The molecule has 3 aliphatic rings. The van der Waals surface area contributed by atoms with Gasteiger partial charge in [0.1, 0.15) is 29.4 Å². The topological polar surface area (TPSA) is 91.0 Å². The lowest BCUT2D eigenvalue weighted by atomic mass is 9.57. The minimum Gasteiger partial charge on any atom is -0.391 e. The van der Waals surface area contributed by atoms with Gasteiger partial charge in [-0.3, -0.25) is 24.6 Å². The lowest BCUT2D eigenvalue weighted by Crippen LogP contribution is -2.63. The first-order chi connectivity index (χ1) is 18.4. The number of carbonyl (C=O) groups excluding carboxylic acids is 3. The smallest absolute Gasteiger partial charge is 0.254 e. The largest absolute Gasteiger partial charge is 0.391 e. The van der Waals surface area contributed by atoms with Crippen molar-refractivity contribution in [2.45, 2.75) is 62.8 Å². The van der Waals surface area contributed by atoms with E-state index in [2.05, 4.69) is 29.4 Å². The van der Waals surface area contributed by atoms with Crippen LogP contribution in [0.2, 0.25) is 0 Å². The van der Waals surface area contributed by atoms with Crippen LogP contribution in [0.3, 0.4) is 0 Å². The molecule has 3 atom stereocenters. The highest BCUT2D eigenvalue weighted by Crippen LogP contribution is 2.37. The molecule has 39 heavy (non-hydrogen) atoms. The Hall–Kier alpha value is -3.11. The quantitative estimate of drug-likeness (QED) is 0.392. The summed E-state index contributed by atoms with van der Waals surface area (Å²) in [6.07, 6.45) is 0.747. The number of benzene rings is 2. The maximum absolute atomic E-state index is 15.2. The van der Waals surface area contributed by atoms with Crippen LogP contribution in [0.1, 0.15) is 53.7 Å². The summed E-state index contributed by atoms with van der Waals surface area (Å²) >= 11 is 0. The van der Waals surface area contributed by atoms with Crippen molar-refractivity contribution in [1.29, 1.82) is 0 Å². The number of carbonyl (C=O) groups is 3. The van der Waals surface area contributed by atoms with Gasteiger partial charge in [-0.2, -0.15) is 0 Å². The lowest BCUT2D eigenvalue weighted by molar-refractivity contribution is -0.138. The summed E-state index contributed by atoms with van der Waals surface area (Å²) < 4.78 is 21.1. The predicted octanol–water partition coefficient (Wildman–Crippen LogP) is -0.355. The molecule has 2 fully saturated rings. The Morgan fingerprint density at radius 3 is 2.56 bits per heavy atom. The van der Waals surface area contributed by atoms with Crippen molar-refractivity contribution < 1.29 is 23.5 Å². The van der Waals surface area contributed by atoms with Crippen molar-refractivity contribution in [3.05, 3.63) is 64.5 Å². The first-order valence-corrected chi connectivity index (χ1v) is 13.6. The second-order valence-electron chi connectivity index (χ2n) is 11.9. The second-order valence-corrected chi connectivity index (χ2v) is 11.9. The zero-order valence-corrected chi connectivity index (χ0v) is 23.3. The number of nitrogens with zero attached hydrogens (tertiary/aromatic N) is 2. The Bertz CT molecular complexity index is 1330. The van der Waals surface area contributed by atoms with Gasteiger partial charge in [-0.05, 0) is 49.6 Å². The molecule has 0 bridgehead atoms. The maximum atomic E-state index is 15.2. The molecule has 0 aromatic heterocycles. The summed E-state index contributed by atoms with van der Waals surface area (Å²) in [5.74, 6) is -1.34. The molecule has 0 saturated carbocycles. The number of hydrogen-bond acceptors (Lipinski definition) is 6. The molecule has 2 N–H and O–H groups in total. The summed E-state index contributed by atoms with van der Waals surface area (Å²) in [7, 11) is 5.54. The van der Waals surface area contributed by atoms with Gasteiger partial charge in [0.15, 0.2) is 0 Å². The number of fused-ring (bicyclic) bond motifs is 1. The predicted molar refractivity (Wildman–Crippen MR) is 154 cm³/mol. The number of imide groups is 1. The summed E-state index contributed by atoms with van der Waals surface area (Å²) in [5.41, 5.74) is 2.41. The molecule has 202 valence electrons. The molecule has 0 radical (unpaired) electrons. The third-order valence-electron chi connectivity index (χ3n) is 8.20. The lowest BCUT2D eigenvalue weighted by Gasteiger charge is -2.40. The van der Waals surface area contributed by atoms with Crippen molar-refractivity contribution >= 4 is 46.9 Å². The number of halogens is 1. The Morgan fingerprint density at radius 1 is 1.15 bits per heavy atom.